The van der Waals surface area contributed by atoms with Gasteiger partial charge in [-0.15, -0.1) is 12.4 Å². The van der Waals surface area contributed by atoms with E-state index in [0.29, 0.717) is 13.0 Å². The minimum atomic E-state index is -0.318. The van der Waals surface area contributed by atoms with Crippen molar-refractivity contribution in [1.82, 2.24) is 4.90 Å². The van der Waals surface area contributed by atoms with Gasteiger partial charge in [0, 0.05) is 12.2 Å². The molecule has 0 radical (unpaired) electrons. The number of likely N-dealkylation sites (tertiary alicyclic amines) is 1. The van der Waals surface area contributed by atoms with Crippen LogP contribution in [0.4, 0.5) is 10.1 Å². The van der Waals surface area contributed by atoms with Crippen molar-refractivity contribution < 1.29 is 9.18 Å². The van der Waals surface area contributed by atoms with E-state index in [4.69, 9.17) is 0 Å². The van der Waals surface area contributed by atoms with Gasteiger partial charge in [0.1, 0.15) is 0 Å². The normalized spacial score (nSPS) is 18.6. The van der Waals surface area contributed by atoms with Crippen LogP contribution < -0.4 is 5.32 Å². The molecular weight excluding hydrogens is 303 g/mol. The van der Waals surface area contributed by atoms with E-state index in [9.17, 15) is 9.18 Å². The fourth-order valence-electron chi connectivity index (χ4n) is 3.04. The van der Waals surface area contributed by atoms with Gasteiger partial charge in [0.2, 0.25) is 5.91 Å². The second-order valence-electron chi connectivity index (χ2n) is 5.85. The number of hydrogen-bond acceptors (Lipinski definition) is 2. The van der Waals surface area contributed by atoms with E-state index < -0.39 is 0 Å². The minimum absolute atomic E-state index is 0. The van der Waals surface area contributed by atoms with Gasteiger partial charge < -0.3 is 5.32 Å². The maximum Gasteiger partial charge on any atom is 0.241 e. The molecule has 1 saturated heterocycles. The van der Waals surface area contributed by atoms with Crippen LogP contribution in [0.5, 0.6) is 0 Å². The lowest BCUT2D eigenvalue weighted by atomic mass is 10.0. The highest BCUT2D eigenvalue weighted by molar-refractivity contribution is 5.96. The van der Waals surface area contributed by atoms with E-state index in [0.717, 1.165) is 42.6 Å². The Balaban J connectivity index is 0.00000242. The number of alkyl halides is 1. The Hall–Kier alpha value is -1.13. The van der Waals surface area contributed by atoms with Crippen molar-refractivity contribution in [3.05, 3.63) is 29.3 Å². The predicted molar refractivity (Wildman–Crippen MR) is 91.6 cm³/mol. The molecule has 0 aliphatic carbocycles. The average Bonchev–Trinajstić information content (AvgIpc) is 2.49. The second kappa shape index (κ2) is 9.11. The molecule has 0 spiro atoms. The Kier molecular flexibility index (Phi) is 7.83. The number of anilines is 1. The lowest BCUT2D eigenvalue weighted by Gasteiger charge is -2.34. The van der Waals surface area contributed by atoms with Gasteiger partial charge in [-0.25, -0.2) is 0 Å². The third-order valence-electron chi connectivity index (χ3n) is 4.22. The molecule has 1 aliphatic heterocycles. The first-order chi connectivity index (χ1) is 10.1. The van der Waals surface area contributed by atoms with Gasteiger partial charge in [0.05, 0.1) is 12.7 Å². The number of amides is 1. The van der Waals surface area contributed by atoms with Crippen LogP contribution >= 0.6 is 12.4 Å². The van der Waals surface area contributed by atoms with E-state index in [1.807, 2.05) is 32.0 Å². The van der Waals surface area contributed by atoms with Gasteiger partial charge >= 0.3 is 0 Å². The molecule has 22 heavy (non-hydrogen) atoms. The first-order valence-corrected chi connectivity index (χ1v) is 7.80. The van der Waals surface area contributed by atoms with E-state index in [2.05, 4.69) is 10.2 Å². The van der Waals surface area contributed by atoms with Crippen molar-refractivity contribution in [2.24, 2.45) is 0 Å². The maximum atomic E-state index is 12.6. The molecule has 0 aromatic heterocycles. The number of halogens is 2. The van der Waals surface area contributed by atoms with Crippen molar-refractivity contribution in [2.45, 2.75) is 45.6 Å². The number of piperidine rings is 1. The molecule has 2 rings (SSSR count). The van der Waals surface area contributed by atoms with Gasteiger partial charge in [-0.3, -0.25) is 14.1 Å². The Labute approximate surface area is 138 Å². The zero-order valence-electron chi connectivity index (χ0n) is 13.4. The van der Waals surface area contributed by atoms with Gasteiger partial charge in [-0.1, -0.05) is 24.6 Å². The highest BCUT2D eigenvalue weighted by atomic mass is 35.5. The quantitative estimate of drug-likeness (QED) is 0.889. The molecule has 1 aromatic carbocycles. The van der Waals surface area contributed by atoms with Crippen molar-refractivity contribution in [2.75, 3.05) is 25.1 Å². The lowest BCUT2D eigenvalue weighted by Crippen LogP contribution is -2.47. The summed E-state index contributed by atoms with van der Waals surface area (Å²) in [7, 11) is 0. The molecule has 1 aliphatic rings. The monoisotopic (exact) mass is 328 g/mol. The van der Waals surface area contributed by atoms with Crippen molar-refractivity contribution in [1.29, 1.82) is 0 Å². The van der Waals surface area contributed by atoms with Crippen LogP contribution in [0.1, 0.15) is 36.8 Å². The number of carbonyl (C=O) groups is 1. The first-order valence-electron chi connectivity index (χ1n) is 7.80. The molecule has 3 nitrogen and oxygen atoms in total. The highest BCUT2D eigenvalue weighted by Gasteiger charge is 2.28. The number of benzene rings is 1. The number of para-hydroxylation sites is 1. The number of nitrogens with one attached hydrogen (secondary N) is 1. The Morgan fingerprint density at radius 1 is 1.32 bits per heavy atom. The Morgan fingerprint density at radius 2 is 2.00 bits per heavy atom. The molecule has 1 aromatic rings. The van der Waals surface area contributed by atoms with Gasteiger partial charge in [-0.05, 0) is 50.8 Å². The molecule has 1 N–H and O–H groups in total. The summed E-state index contributed by atoms with van der Waals surface area (Å²) in [5.74, 6) is 0.0472. The number of hydrogen-bond donors (Lipinski definition) is 1. The fraction of sp³-hybridized carbons (Fsp3) is 0.588. The Bertz CT molecular complexity index is 475. The third kappa shape index (κ3) is 4.68. The van der Waals surface area contributed by atoms with Crippen molar-refractivity contribution in [3.63, 3.8) is 0 Å². The number of nitrogens with zero attached hydrogens (tertiary/aromatic N) is 1. The molecule has 1 fully saturated rings. The van der Waals surface area contributed by atoms with E-state index in [1.54, 1.807) is 0 Å². The summed E-state index contributed by atoms with van der Waals surface area (Å²) in [5, 5.41) is 3.08. The van der Waals surface area contributed by atoms with E-state index in [1.165, 1.54) is 0 Å². The van der Waals surface area contributed by atoms with Crippen molar-refractivity contribution >= 4 is 24.0 Å². The molecule has 5 heteroatoms. The Morgan fingerprint density at radius 3 is 2.64 bits per heavy atom. The van der Waals surface area contributed by atoms with Crippen LogP contribution in [0.25, 0.3) is 0 Å². The van der Waals surface area contributed by atoms with E-state index >= 15 is 0 Å². The maximum absolute atomic E-state index is 12.6. The van der Waals surface area contributed by atoms with Crippen LogP contribution in [-0.2, 0) is 4.79 Å². The second-order valence-corrected chi connectivity index (χ2v) is 5.85. The summed E-state index contributed by atoms with van der Waals surface area (Å²) in [6, 6.07) is 5.88. The lowest BCUT2D eigenvalue weighted by molar-refractivity contribution is -0.122. The van der Waals surface area contributed by atoms with Crippen LogP contribution in [0.15, 0.2) is 18.2 Å². The SMILES string of the molecule is Cc1cccc(C)c1NC(=O)C1CCCCN1CCCF.Cl. The summed E-state index contributed by atoms with van der Waals surface area (Å²) in [4.78, 5) is 14.7. The smallest absolute Gasteiger partial charge is 0.241 e. The molecular formula is C17H26ClFN2O. The molecule has 1 amide bonds. The van der Waals surface area contributed by atoms with Gasteiger partial charge in [-0.2, -0.15) is 0 Å². The molecule has 1 heterocycles. The predicted octanol–water partition coefficient (Wildman–Crippen LogP) is 3.88. The van der Waals surface area contributed by atoms with Crippen molar-refractivity contribution in [3.8, 4) is 0 Å². The highest BCUT2D eigenvalue weighted by Crippen LogP contribution is 2.23. The molecule has 1 unspecified atom stereocenters. The summed E-state index contributed by atoms with van der Waals surface area (Å²) < 4.78 is 12.4. The third-order valence-corrected chi connectivity index (χ3v) is 4.22. The van der Waals surface area contributed by atoms with Crippen LogP contribution in [-0.4, -0.2) is 36.6 Å². The number of aryl methyl sites for hydroxylation is 2. The summed E-state index contributed by atoms with van der Waals surface area (Å²) in [5.41, 5.74) is 3.07. The standard InChI is InChI=1S/C17H25FN2O.ClH/c1-13-7-5-8-14(2)16(13)19-17(21)15-9-3-4-11-20(15)12-6-10-18;/h5,7-8,15H,3-4,6,9-12H2,1-2H3,(H,19,21);1H. The first kappa shape index (κ1) is 18.9. The number of carbonyl (C=O) groups excluding carboxylic acids is 1. The average molecular weight is 329 g/mol. The fourth-order valence-corrected chi connectivity index (χ4v) is 3.04. The van der Waals surface area contributed by atoms with Gasteiger partial charge in [0.25, 0.3) is 0 Å². The molecule has 0 saturated carbocycles. The van der Waals surface area contributed by atoms with E-state index in [-0.39, 0.29) is 31.0 Å². The minimum Gasteiger partial charge on any atom is -0.324 e. The summed E-state index contributed by atoms with van der Waals surface area (Å²) in [6.07, 6.45) is 3.53. The zero-order chi connectivity index (χ0) is 15.2. The molecule has 1 atom stereocenters. The van der Waals surface area contributed by atoms with Crippen LogP contribution in [0.2, 0.25) is 0 Å². The van der Waals surface area contributed by atoms with Crippen LogP contribution in [0.3, 0.4) is 0 Å². The largest absolute Gasteiger partial charge is 0.324 e. The molecule has 124 valence electrons. The zero-order valence-corrected chi connectivity index (χ0v) is 14.2. The summed E-state index contributed by atoms with van der Waals surface area (Å²) >= 11 is 0. The van der Waals surface area contributed by atoms with Crippen LogP contribution in [0, 0.1) is 13.8 Å². The number of rotatable bonds is 5. The topological polar surface area (TPSA) is 32.3 Å². The molecule has 0 bridgehead atoms. The summed E-state index contributed by atoms with van der Waals surface area (Å²) in [6.45, 7) is 5.25. The van der Waals surface area contributed by atoms with Gasteiger partial charge in [0.15, 0.2) is 0 Å².